The fourth-order valence-corrected chi connectivity index (χ4v) is 2.93. The van der Waals surface area contributed by atoms with E-state index in [4.69, 9.17) is 0 Å². The maximum atomic E-state index is 10.2. The minimum atomic E-state index is -0.116. The molecule has 1 aliphatic rings. The van der Waals surface area contributed by atoms with E-state index >= 15 is 0 Å². The topological polar surface area (TPSA) is 23.5 Å². The first-order valence-corrected chi connectivity index (χ1v) is 7.22. The smallest absolute Gasteiger partial charge is 0.0631 e. The molecule has 0 spiro atoms. The van der Waals surface area contributed by atoms with Crippen molar-refractivity contribution in [2.75, 3.05) is 32.1 Å². The molecule has 1 N–H and O–H groups in total. The molecule has 2 atom stereocenters. The summed E-state index contributed by atoms with van der Waals surface area (Å²) in [6, 6.07) is 0. The van der Waals surface area contributed by atoms with E-state index in [0.717, 1.165) is 19.5 Å². The van der Waals surface area contributed by atoms with Crippen LogP contribution in [-0.2, 0) is 0 Å². The zero-order valence-corrected chi connectivity index (χ0v) is 11.3. The van der Waals surface area contributed by atoms with Crippen LogP contribution in [0.5, 0.6) is 0 Å². The molecule has 2 nitrogen and oxygen atoms in total. The third-order valence-corrected chi connectivity index (χ3v) is 4.22. The molecule has 2 unspecified atom stereocenters. The maximum absolute atomic E-state index is 10.2. The van der Waals surface area contributed by atoms with Crippen molar-refractivity contribution < 1.29 is 5.11 Å². The lowest BCUT2D eigenvalue weighted by atomic mass is 9.87. The Morgan fingerprint density at radius 2 is 2.13 bits per heavy atom. The predicted octanol–water partition coefficient (Wildman–Crippen LogP) is 2.08. The normalized spacial score (nSPS) is 30.0. The van der Waals surface area contributed by atoms with Gasteiger partial charge in [-0.15, -0.1) is 0 Å². The van der Waals surface area contributed by atoms with Crippen molar-refractivity contribution in [1.29, 1.82) is 0 Å². The zero-order valence-electron chi connectivity index (χ0n) is 10.5. The van der Waals surface area contributed by atoms with E-state index in [-0.39, 0.29) is 11.5 Å². The van der Waals surface area contributed by atoms with Crippen molar-refractivity contribution in [2.45, 2.75) is 32.8 Å². The molecule has 1 fully saturated rings. The third-order valence-electron chi connectivity index (χ3n) is 3.63. The summed E-state index contributed by atoms with van der Waals surface area (Å²) in [5.41, 5.74) is 0.130. The summed E-state index contributed by atoms with van der Waals surface area (Å²) in [6.45, 7) is 6.54. The molecule has 90 valence electrons. The summed E-state index contributed by atoms with van der Waals surface area (Å²) in [4.78, 5) is 2.35. The molecule has 1 rings (SSSR count). The van der Waals surface area contributed by atoms with Gasteiger partial charge in [0.2, 0.25) is 0 Å². The van der Waals surface area contributed by atoms with E-state index in [1.165, 1.54) is 12.2 Å². The highest BCUT2D eigenvalue weighted by Gasteiger charge is 2.40. The molecule has 0 saturated heterocycles. The summed E-state index contributed by atoms with van der Waals surface area (Å²) >= 11 is 1.88. The lowest BCUT2D eigenvalue weighted by Crippen LogP contribution is -2.35. The van der Waals surface area contributed by atoms with Crippen LogP contribution in [0.25, 0.3) is 0 Å². The van der Waals surface area contributed by atoms with Crippen LogP contribution in [0.15, 0.2) is 0 Å². The van der Waals surface area contributed by atoms with Gasteiger partial charge >= 0.3 is 0 Å². The summed E-state index contributed by atoms with van der Waals surface area (Å²) < 4.78 is 0. The Bertz CT molecular complexity index is 196. The first-order chi connectivity index (χ1) is 6.97. The van der Waals surface area contributed by atoms with Crippen molar-refractivity contribution in [3.8, 4) is 0 Å². The monoisotopic (exact) mass is 231 g/mol. The highest BCUT2D eigenvalue weighted by molar-refractivity contribution is 7.98. The van der Waals surface area contributed by atoms with Crippen molar-refractivity contribution in [1.82, 2.24) is 4.90 Å². The van der Waals surface area contributed by atoms with Gasteiger partial charge in [-0.25, -0.2) is 0 Å². The molecular weight excluding hydrogens is 206 g/mol. The maximum Gasteiger partial charge on any atom is 0.0631 e. The molecule has 0 aromatic heterocycles. The molecule has 0 aliphatic heterocycles. The van der Waals surface area contributed by atoms with E-state index in [9.17, 15) is 5.11 Å². The Balaban J connectivity index is 2.33. The van der Waals surface area contributed by atoms with Crippen LogP contribution in [0.3, 0.4) is 0 Å². The van der Waals surface area contributed by atoms with Crippen LogP contribution in [0.4, 0.5) is 0 Å². The van der Waals surface area contributed by atoms with Gasteiger partial charge in [-0.1, -0.05) is 13.8 Å². The van der Waals surface area contributed by atoms with Gasteiger partial charge in [-0.3, -0.25) is 0 Å². The van der Waals surface area contributed by atoms with Crippen LogP contribution >= 0.6 is 11.8 Å². The summed E-state index contributed by atoms with van der Waals surface area (Å²) in [5.74, 6) is 1.66. The molecule has 0 amide bonds. The van der Waals surface area contributed by atoms with Gasteiger partial charge in [0.1, 0.15) is 0 Å². The highest BCUT2D eigenvalue weighted by atomic mass is 32.2. The van der Waals surface area contributed by atoms with Crippen molar-refractivity contribution in [2.24, 2.45) is 11.3 Å². The summed E-state index contributed by atoms with van der Waals surface area (Å²) in [6.07, 6.45) is 4.36. The van der Waals surface area contributed by atoms with E-state index in [2.05, 4.69) is 32.1 Å². The minimum absolute atomic E-state index is 0.116. The van der Waals surface area contributed by atoms with Crippen LogP contribution in [0.2, 0.25) is 0 Å². The number of hydrogen-bond acceptors (Lipinski definition) is 3. The molecule has 0 radical (unpaired) electrons. The lowest BCUT2D eigenvalue weighted by Gasteiger charge is -2.28. The van der Waals surface area contributed by atoms with Crippen LogP contribution in [-0.4, -0.2) is 48.3 Å². The molecule has 0 aromatic rings. The predicted molar refractivity (Wildman–Crippen MR) is 68.4 cm³/mol. The second kappa shape index (κ2) is 5.55. The van der Waals surface area contributed by atoms with Crippen molar-refractivity contribution >= 4 is 11.8 Å². The molecule has 0 aromatic carbocycles. The summed E-state index contributed by atoms with van der Waals surface area (Å²) in [7, 11) is 2.16. The molecule has 3 heteroatoms. The Morgan fingerprint density at radius 3 is 2.60 bits per heavy atom. The molecule has 1 aliphatic carbocycles. The average Bonchev–Trinajstić information content (AvgIpc) is 2.42. The Hall–Kier alpha value is 0.270. The third kappa shape index (κ3) is 3.65. The number of nitrogens with zero attached hydrogens (tertiary/aromatic N) is 1. The first kappa shape index (κ1) is 13.3. The number of hydrogen-bond donors (Lipinski definition) is 1. The largest absolute Gasteiger partial charge is 0.392 e. The minimum Gasteiger partial charge on any atom is -0.392 e. The van der Waals surface area contributed by atoms with E-state index < -0.39 is 0 Å². The first-order valence-electron chi connectivity index (χ1n) is 5.83. The highest BCUT2D eigenvalue weighted by Crippen LogP contribution is 2.41. The van der Waals surface area contributed by atoms with Crippen molar-refractivity contribution in [3.63, 3.8) is 0 Å². The van der Waals surface area contributed by atoms with E-state index in [1.54, 1.807) is 0 Å². The number of aliphatic hydroxyl groups is 1. The Morgan fingerprint density at radius 1 is 1.47 bits per heavy atom. The molecule has 1 saturated carbocycles. The molecule has 0 heterocycles. The van der Waals surface area contributed by atoms with Gasteiger partial charge < -0.3 is 10.0 Å². The number of aliphatic hydroxyl groups excluding tert-OH is 1. The van der Waals surface area contributed by atoms with Crippen LogP contribution in [0, 0.1) is 11.3 Å². The second-order valence-corrected chi connectivity index (χ2v) is 6.47. The van der Waals surface area contributed by atoms with Crippen LogP contribution < -0.4 is 0 Å². The Kier molecular flexibility index (Phi) is 4.94. The Labute approximate surface area is 98.4 Å². The van der Waals surface area contributed by atoms with Gasteiger partial charge in [-0.2, -0.15) is 11.8 Å². The van der Waals surface area contributed by atoms with Gasteiger partial charge in [0.15, 0.2) is 0 Å². The van der Waals surface area contributed by atoms with Gasteiger partial charge in [0, 0.05) is 18.8 Å². The summed E-state index contributed by atoms with van der Waals surface area (Å²) in [5, 5.41) is 10.2. The lowest BCUT2D eigenvalue weighted by molar-refractivity contribution is 0.0362. The number of rotatable bonds is 5. The van der Waals surface area contributed by atoms with Gasteiger partial charge in [-0.05, 0) is 37.5 Å². The van der Waals surface area contributed by atoms with Gasteiger partial charge in [0.25, 0.3) is 0 Å². The van der Waals surface area contributed by atoms with Crippen molar-refractivity contribution in [3.05, 3.63) is 0 Å². The quantitative estimate of drug-likeness (QED) is 0.783. The zero-order chi connectivity index (χ0) is 11.5. The fraction of sp³-hybridized carbons (Fsp3) is 1.00. The van der Waals surface area contributed by atoms with E-state index in [1.807, 2.05) is 11.8 Å². The average molecular weight is 231 g/mol. The molecular formula is C12H25NOS. The SMILES string of the molecule is CSCCN(C)CC1CCC(C)(C)C1O. The molecule has 15 heavy (non-hydrogen) atoms. The molecule has 0 bridgehead atoms. The van der Waals surface area contributed by atoms with Gasteiger partial charge in [0.05, 0.1) is 6.10 Å². The standard InChI is InChI=1S/C12H25NOS/c1-12(2)6-5-10(11(12)14)9-13(3)7-8-15-4/h10-11,14H,5-9H2,1-4H3. The fourth-order valence-electron chi connectivity index (χ4n) is 2.43. The van der Waals surface area contributed by atoms with E-state index in [0.29, 0.717) is 5.92 Å². The second-order valence-electron chi connectivity index (χ2n) is 5.49. The van der Waals surface area contributed by atoms with Crippen LogP contribution in [0.1, 0.15) is 26.7 Å². The number of thioether (sulfide) groups is 1.